The standard InChI is InChI=1S/C22H15FN4OS/c23-16-2-4-19-15(11-16)1-3-17(26-19)7-10-27-22(28)21-18(13-29-20(21)12-25-27)14-5-8-24-9-6-14/h1-6,8-9,11-13H,7,10H2. The average Bonchev–Trinajstić information content (AvgIpc) is 3.19. The lowest BCUT2D eigenvalue weighted by molar-refractivity contribution is 0.580. The molecule has 0 aliphatic heterocycles. The molecular weight excluding hydrogens is 387 g/mol. The summed E-state index contributed by atoms with van der Waals surface area (Å²) in [5.74, 6) is -0.281. The maximum absolute atomic E-state index is 13.3. The number of hydrogen-bond donors (Lipinski definition) is 0. The molecule has 0 amide bonds. The summed E-state index contributed by atoms with van der Waals surface area (Å²) in [5, 5.41) is 7.75. The van der Waals surface area contributed by atoms with Crippen LogP contribution in [-0.2, 0) is 13.0 Å². The molecule has 4 aromatic heterocycles. The van der Waals surface area contributed by atoms with E-state index in [4.69, 9.17) is 0 Å². The third-order valence-corrected chi connectivity index (χ3v) is 5.78. The number of hydrogen-bond acceptors (Lipinski definition) is 5. The highest BCUT2D eigenvalue weighted by molar-refractivity contribution is 7.17. The molecule has 5 rings (SSSR count). The maximum Gasteiger partial charge on any atom is 0.276 e. The highest BCUT2D eigenvalue weighted by atomic mass is 32.1. The van der Waals surface area contributed by atoms with E-state index in [1.54, 1.807) is 24.7 Å². The highest BCUT2D eigenvalue weighted by Gasteiger charge is 2.13. The summed E-state index contributed by atoms with van der Waals surface area (Å²) in [6.07, 6.45) is 5.73. The summed E-state index contributed by atoms with van der Waals surface area (Å²) >= 11 is 1.51. The monoisotopic (exact) mass is 402 g/mol. The summed E-state index contributed by atoms with van der Waals surface area (Å²) in [6.45, 7) is 0.417. The smallest absolute Gasteiger partial charge is 0.267 e. The summed E-state index contributed by atoms with van der Waals surface area (Å²) in [7, 11) is 0. The van der Waals surface area contributed by atoms with Crippen molar-refractivity contribution in [3.05, 3.63) is 88.3 Å². The third-order valence-electron chi connectivity index (χ3n) is 4.86. The minimum Gasteiger partial charge on any atom is -0.267 e. The predicted octanol–water partition coefficient (Wildman–Crippen LogP) is 4.45. The van der Waals surface area contributed by atoms with Crippen LogP contribution < -0.4 is 5.56 Å². The van der Waals surface area contributed by atoms with Gasteiger partial charge in [0, 0.05) is 40.8 Å². The molecule has 0 N–H and O–H groups in total. The minimum absolute atomic E-state index is 0.113. The van der Waals surface area contributed by atoms with Crippen molar-refractivity contribution >= 4 is 32.3 Å². The Kier molecular flexibility index (Phi) is 4.37. The lowest BCUT2D eigenvalue weighted by atomic mass is 10.1. The summed E-state index contributed by atoms with van der Waals surface area (Å²) in [5.41, 5.74) is 3.32. The Morgan fingerprint density at radius 2 is 1.93 bits per heavy atom. The molecule has 0 atom stereocenters. The van der Waals surface area contributed by atoms with Crippen LogP contribution in [0.15, 0.2) is 71.2 Å². The van der Waals surface area contributed by atoms with Crippen LogP contribution in [0.4, 0.5) is 4.39 Å². The van der Waals surface area contributed by atoms with Crippen LogP contribution in [0.5, 0.6) is 0 Å². The molecule has 0 saturated heterocycles. The fraction of sp³-hybridized carbons (Fsp3) is 0.0909. The molecule has 1 aromatic carbocycles. The van der Waals surface area contributed by atoms with Crippen molar-refractivity contribution in [1.29, 1.82) is 0 Å². The summed E-state index contributed by atoms with van der Waals surface area (Å²) in [4.78, 5) is 21.7. The van der Waals surface area contributed by atoms with Gasteiger partial charge in [-0.05, 0) is 42.0 Å². The van der Waals surface area contributed by atoms with E-state index in [1.165, 1.54) is 28.2 Å². The quantitative estimate of drug-likeness (QED) is 0.446. The van der Waals surface area contributed by atoms with E-state index >= 15 is 0 Å². The fourth-order valence-corrected chi connectivity index (χ4v) is 4.32. The van der Waals surface area contributed by atoms with Crippen molar-refractivity contribution in [2.24, 2.45) is 0 Å². The van der Waals surface area contributed by atoms with Gasteiger partial charge in [-0.1, -0.05) is 6.07 Å². The second-order valence-corrected chi connectivity index (χ2v) is 7.60. The van der Waals surface area contributed by atoms with Crippen molar-refractivity contribution < 1.29 is 4.39 Å². The van der Waals surface area contributed by atoms with Gasteiger partial charge in [0.1, 0.15) is 5.82 Å². The van der Waals surface area contributed by atoms with E-state index < -0.39 is 0 Å². The molecule has 29 heavy (non-hydrogen) atoms. The fourth-order valence-electron chi connectivity index (χ4n) is 3.39. The topological polar surface area (TPSA) is 60.7 Å². The van der Waals surface area contributed by atoms with Crippen LogP contribution in [0.1, 0.15) is 5.69 Å². The van der Waals surface area contributed by atoms with E-state index in [9.17, 15) is 9.18 Å². The van der Waals surface area contributed by atoms with E-state index in [2.05, 4.69) is 15.1 Å². The predicted molar refractivity (Wildman–Crippen MR) is 113 cm³/mol. The first-order chi connectivity index (χ1) is 14.2. The van der Waals surface area contributed by atoms with Crippen molar-refractivity contribution in [3.63, 3.8) is 0 Å². The number of pyridine rings is 2. The lowest BCUT2D eigenvalue weighted by Crippen LogP contribution is -2.23. The van der Waals surface area contributed by atoms with Crippen molar-refractivity contribution in [3.8, 4) is 11.1 Å². The first kappa shape index (κ1) is 17.6. The molecule has 0 radical (unpaired) electrons. The van der Waals surface area contributed by atoms with Crippen molar-refractivity contribution in [1.82, 2.24) is 19.7 Å². The third kappa shape index (κ3) is 3.30. The number of rotatable bonds is 4. The van der Waals surface area contributed by atoms with Gasteiger partial charge in [0.2, 0.25) is 0 Å². The van der Waals surface area contributed by atoms with Gasteiger partial charge in [-0.25, -0.2) is 9.07 Å². The molecule has 0 bridgehead atoms. The Labute approximate surface area is 169 Å². The van der Waals surface area contributed by atoms with E-state index in [0.717, 1.165) is 32.4 Å². The zero-order chi connectivity index (χ0) is 19.8. The molecular formula is C22H15FN4OS. The van der Waals surface area contributed by atoms with Gasteiger partial charge in [0.15, 0.2) is 0 Å². The van der Waals surface area contributed by atoms with E-state index in [-0.39, 0.29) is 11.4 Å². The van der Waals surface area contributed by atoms with Gasteiger partial charge in [0.05, 0.1) is 28.3 Å². The zero-order valence-electron chi connectivity index (χ0n) is 15.2. The van der Waals surface area contributed by atoms with Gasteiger partial charge in [0.25, 0.3) is 5.56 Å². The molecule has 0 unspecified atom stereocenters. The number of fused-ring (bicyclic) bond motifs is 2. The van der Waals surface area contributed by atoms with Crippen LogP contribution >= 0.6 is 11.3 Å². The number of aryl methyl sites for hydroxylation is 2. The molecule has 0 saturated carbocycles. The first-order valence-electron chi connectivity index (χ1n) is 9.12. The second-order valence-electron chi connectivity index (χ2n) is 6.69. The summed E-state index contributed by atoms with van der Waals surface area (Å²) < 4.78 is 15.7. The van der Waals surface area contributed by atoms with Crippen LogP contribution in [0.25, 0.3) is 32.1 Å². The Morgan fingerprint density at radius 3 is 2.79 bits per heavy atom. The van der Waals surface area contributed by atoms with Crippen LogP contribution in [0.3, 0.4) is 0 Å². The number of benzene rings is 1. The molecule has 0 fully saturated rings. The van der Waals surface area contributed by atoms with Gasteiger partial charge in [-0.3, -0.25) is 14.8 Å². The van der Waals surface area contributed by atoms with Crippen LogP contribution in [0, 0.1) is 5.82 Å². The zero-order valence-corrected chi connectivity index (χ0v) is 16.1. The second kappa shape index (κ2) is 7.18. The van der Waals surface area contributed by atoms with E-state index in [0.29, 0.717) is 18.4 Å². The highest BCUT2D eigenvalue weighted by Crippen LogP contribution is 2.30. The normalized spacial score (nSPS) is 11.3. The average molecular weight is 402 g/mol. The molecule has 5 nitrogen and oxygen atoms in total. The molecule has 0 aliphatic rings. The van der Waals surface area contributed by atoms with Crippen molar-refractivity contribution in [2.45, 2.75) is 13.0 Å². The van der Waals surface area contributed by atoms with Gasteiger partial charge in [-0.2, -0.15) is 5.10 Å². The molecule has 7 heteroatoms. The Bertz CT molecular complexity index is 1390. The van der Waals surface area contributed by atoms with Gasteiger partial charge in [-0.15, -0.1) is 11.3 Å². The van der Waals surface area contributed by atoms with Crippen LogP contribution in [0.2, 0.25) is 0 Å². The van der Waals surface area contributed by atoms with E-state index in [1.807, 2.05) is 29.6 Å². The number of aromatic nitrogens is 4. The Hall–Kier alpha value is -3.45. The number of thiophene rings is 1. The SMILES string of the molecule is O=c1c2c(-c3ccncc3)csc2cnn1CCc1ccc2cc(F)ccc2n1. The lowest BCUT2D eigenvalue weighted by Gasteiger charge is -2.06. The number of halogens is 1. The van der Waals surface area contributed by atoms with Crippen molar-refractivity contribution in [2.75, 3.05) is 0 Å². The molecule has 0 spiro atoms. The first-order valence-corrected chi connectivity index (χ1v) is 10.00. The minimum atomic E-state index is -0.281. The Morgan fingerprint density at radius 1 is 1.07 bits per heavy atom. The Balaban J connectivity index is 1.47. The molecule has 5 aromatic rings. The van der Waals surface area contributed by atoms with Gasteiger partial charge < -0.3 is 0 Å². The van der Waals surface area contributed by atoms with Gasteiger partial charge >= 0.3 is 0 Å². The largest absolute Gasteiger partial charge is 0.276 e. The molecule has 4 heterocycles. The molecule has 142 valence electrons. The number of nitrogens with zero attached hydrogens (tertiary/aromatic N) is 4. The summed E-state index contributed by atoms with van der Waals surface area (Å²) in [6, 6.07) is 12.0. The maximum atomic E-state index is 13.3. The molecule has 0 aliphatic carbocycles. The van der Waals surface area contributed by atoms with Crippen LogP contribution in [-0.4, -0.2) is 19.7 Å².